The quantitative estimate of drug-likeness (QED) is 0.118. The molecule has 34 heavy (non-hydrogen) atoms. The van der Waals surface area contributed by atoms with E-state index in [2.05, 4.69) is 15.0 Å². The van der Waals surface area contributed by atoms with Gasteiger partial charge in [-0.2, -0.15) is 0 Å². The van der Waals surface area contributed by atoms with E-state index in [1.165, 1.54) is 12.1 Å². The topological polar surface area (TPSA) is 64.5 Å². The largest absolute Gasteiger partial charge is 0.522 e. The van der Waals surface area contributed by atoms with Crippen molar-refractivity contribution in [2.75, 3.05) is 40.1 Å². The zero-order valence-corrected chi connectivity index (χ0v) is 20.1. The summed E-state index contributed by atoms with van der Waals surface area (Å²) in [4.78, 5) is 6.12. The third-order valence-corrected chi connectivity index (χ3v) is 5.41. The second-order valence-corrected chi connectivity index (χ2v) is 7.91. The fraction of sp³-hybridized carbons (Fsp3) is 0.591. The van der Waals surface area contributed by atoms with Gasteiger partial charge in [-0.15, -0.1) is 13.2 Å². The molecular weight excluding hydrogens is 482 g/mol. The lowest BCUT2D eigenvalue weighted by atomic mass is 10.1. The number of hydrogen-bond acceptors (Lipinski definition) is 6. The maximum Gasteiger partial charge on any atom is 0.522 e. The van der Waals surface area contributed by atoms with E-state index in [0.29, 0.717) is 31.3 Å². The molecule has 1 fully saturated rings. The monoisotopic (exact) mass is 511 g/mol. The normalized spacial score (nSPS) is 16.4. The van der Waals surface area contributed by atoms with Crippen LogP contribution in [0.2, 0.25) is 5.02 Å². The van der Waals surface area contributed by atoms with Gasteiger partial charge in [0.15, 0.2) is 0 Å². The van der Waals surface area contributed by atoms with Crippen molar-refractivity contribution in [1.29, 1.82) is 0 Å². The number of hydrogen-bond donors (Lipinski definition) is 1. The highest BCUT2D eigenvalue weighted by atomic mass is 35.5. The first-order valence-corrected chi connectivity index (χ1v) is 11.2. The number of halogens is 5. The molecule has 0 saturated carbocycles. The predicted molar refractivity (Wildman–Crippen MR) is 120 cm³/mol. The summed E-state index contributed by atoms with van der Waals surface area (Å²) in [5, 5.41) is 3.31. The van der Waals surface area contributed by atoms with E-state index < -0.39 is 18.8 Å². The fourth-order valence-corrected chi connectivity index (χ4v) is 3.21. The average molecular weight is 512 g/mol. The van der Waals surface area contributed by atoms with E-state index in [0.717, 1.165) is 18.4 Å². The fourth-order valence-electron chi connectivity index (χ4n) is 3.09. The highest BCUT2D eigenvalue weighted by molar-refractivity contribution is 6.30. The summed E-state index contributed by atoms with van der Waals surface area (Å²) in [5.74, 6) is -0.0351. The van der Waals surface area contributed by atoms with Crippen LogP contribution in [0.5, 0.6) is 5.75 Å². The summed E-state index contributed by atoms with van der Waals surface area (Å²) in [7, 11) is 1.57. The lowest BCUT2D eigenvalue weighted by Gasteiger charge is -2.33. The van der Waals surface area contributed by atoms with Crippen LogP contribution in [0.1, 0.15) is 33.1 Å². The number of rotatable bonds is 10. The van der Waals surface area contributed by atoms with Gasteiger partial charge in [-0.3, -0.25) is 10.1 Å². The molecule has 0 aliphatic carbocycles. The molecule has 0 radical (unpaired) electrons. The Labute approximate surface area is 201 Å². The van der Waals surface area contributed by atoms with Gasteiger partial charge in [0.2, 0.25) is 0 Å². The highest BCUT2D eigenvalue weighted by Crippen LogP contribution is 2.21. The van der Waals surface area contributed by atoms with E-state index in [1.807, 2.05) is 11.8 Å². The summed E-state index contributed by atoms with van der Waals surface area (Å²) in [6.07, 6.45) is -2.58. The molecule has 0 aromatic heterocycles. The molecule has 1 aliphatic rings. The van der Waals surface area contributed by atoms with E-state index in [-0.39, 0.29) is 30.3 Å². The van der Waals surface area contributed by atoms with Crippen LogP contribution in [-0.2, 0) is 14.2 Å². The molecule has 0 unspecified atom stereocenters. The van der Waals surface area contributed by atoms with Crippen LogP contribution < -0.4 is 10.1 Å². The number of piperidine rings is 1. The smallest absolute Gasteiger partial charge is 0.478 e. The van der Waals surface area contributed by atoms with Crippen LogP contribution in [0.25, 0.3) is 0 Å². The molecule has 0 spiro atoms. The Morgan fingerprint density at radius 1 is 1.24 bits per heavy atom. The zero-order valence-electron chi connectivity index (χ0n) is 19.4. The molecule has 0 atom stereocenters. The lowest BCUT2D eigenvalue weighted by Crippen LogP contribution is -2.46. The molecule has 1 saturated heterocycles. The third-order valence-electron chi connectivity index (χ3n) is 5.10. The summed E-state index contributed by atoms with van der Waals surface area (Å²) < 4.78 is 70.5. The van der Waals surface area contributed by atoms with Crippen molar-refractivity contribution >= 4 is 17.6 Å². The van der Waals surface area contributed by atoms with Gasteiger partial charge in [-0.05, 0) is 38.3 Å². The second-order valence-electron chi connectivity index (χ2n) is 7.50. The molecular formula is C22H30ClF4N3O4. The zero-order chi connectivity index (χ0) is 25.1. The van der Waals surface area contributed by atoms with Gasteiger partial charge in [0.05, 0.1) is 11.6 Å². The number of ether oxygens (including phenoxy) is 4. The Kier molecular flexibility index (Phi) is 11.2. The number of amidine groups is 1. The van der Waals surface area contributed by atoms with Gasteiger partial charge in [0, 0.05) is 37.8 Å². The Balaban J connectivity index is 1.80. The first-order chi connectivity index (χ1) is 16.1. The molecule has 0 amide bonds. The number of aliphatic imine (C=N–C) groups is 1. The van der Waals surface area contributed by atoms with Crippen molar-refractivity contribution in [3.8, 4) is 5.75 Å². The van der Waals surface area contributed by atoms with Gasteiger partial charge in [-0.1, -0.05) is 18.5 Å². The van der Waals surface area contributed by atoms with Crippen LogP contribution in [0.3, 0.4) is 0 Å². The molecule has 7 nitrogen and oxygen atoms in total. The van der Waals surface area contributed by atoms with Crippen LogP contribution in [0.15, 0.2) is 34.7 Å². The standard InChI is InChI=1S/C22H30ClF4N3O4/c1-4-15(2)20(31-11-12-33-22(25,26)27)34-21(28-3)30-9-7-16(8-10-30)29-14-32-17-5-6-18(23)19(24)13-17/h5-6,13,16,29H,4,7-12,14H2,1-3H3/b20-15-,28-21-. The SMILES string of the molecule is CC/C(C)=C(/OCCOC(F)(F)F)O/C(=N\C)N1CCC(NCOc2ccc(Cl)c(F)c2)CC1. The Morgan fingerprint density at radius 2 is 1.94 bits per heavy atom. The molecule has 12 heteroatoms. The Hall–Kier alpha value is -2.24. The summed E-state index contributed by atoms with van der Waals surface area (Å²) in [6, 6.07) is 4.76. The van der Waals surface area contributed by atoms with Crippen LogP contribution in [0, 0.1) is 5.82 Å². The van der Waals surface area contributed by atoms with Crippen LogP contribution in [-0.4, -0.2) is 63.4 Å². The first-order valence-electron chi connectivity index (χ1n) is 10.9. The minimum Gasteiger partial charge on any atom is -0.478 e. The number of alkyl halides is 3. The van der Waals surface area contributed by atoms with E-state index in [1.54, 1.807) is 20.0 Å². The number of likely N-dealkylation sites (tertiary alicyclic amines) is 1. The summed E-state index contributed by atoms with van der Waals surface area (Å²) in [6.45, 7) is 4.18. The van der Waals surface area contributed by atoms with Crippen LogP contribution in [0.4, 0.5) is 17.6 Å². The molecule has 1 aromatic carbocycles. The third kappa shape index (κ3) is 9.55. The van der Waals surface area contributed by atoms with Crippen molar-refractivity contribution in [1.82, 2.24) is 10.2 Å². The highest BCUT2D eigenvalue weighted by Gasteiger charge is 2.29. The predicted octanol–water partition coefficient (Wildman–Crippen LogP) is 5.07. The van der Waals surface area contributed by atoms with Gasteiger partial charge >= 0.3 is 6.36 Å². The Bertz CT molecular complexity index is 844. The van der Waals surface area contributed by atoms with Crippen molar-refractivity contribution in [2.24, 2.45) is 4.99 Å². The molecule has 2 rings (SSSR count). The maximum atomic E-state index is 13.5. The minimum atomic E-state index is -4.71. The molecule has 192 valence electrons. The average Bonchev–Trinajstić information content (AvgIpc) is 2.80. The number of benzene rings is 1. The molecule has 1 aliphatic heterocycles. The second kappa shape index (κ2) is 13.6. The van der Waals surface area contributed by atoms with Crippen molar-refractivity contribution in [3.63, 3.8) is 0 Å². The summed E-state index contributed by atoms with van der Waals surface area (Å²) >= 11 is 5.66. The first kappa shape index (κ1) is 28.0. The molecule has 1 aromatic rings. The van der Waals surface area contributed by atoms with Crippen molar-refractivity contribution < 1.29 is 36.5 Å². The van der Waals surface area contributed by atoms with Gasteiger partial charge in [0.1, 0.15) is 24.9 Å². The van der Waals surface area contributed by atoms with Gasteiger partial charge in [-0.25, -0.2) is 9.38 Å². The van der Waals surface area contributed by atoms with E-state index >= 15 is 0 Å². The van der Waals surface area contributed by atoms with E-state index in [9.17, 15) is 17.6 Å². The number of nitrogens with one attached hydrogen (secondary N) is 1. The van der Waals surface area contributed by atoms with Crippen molar-refractivity contribution in [2.45, 2.75) is 45.5 Å². The summed E-state index contributed by atoms with van der Waals surface area (Å²) in [5.41, 5.74) is 0.737. The van der Waals surface area contributed by atoms with Gasteiger partial charge in [0.25, 0.3) is 12.0 Å². The van der Waals surface area contributed by atoms with Crippen LogP contribution >= 0.6 is 11.6 Å². The molecule has 1 heterocycles. The minimum absolute atomic E-state index is 0.0375. The number of allylic oxidation sites excluding steroid dienone is 1. The molecule has 0 bridgehead atoms. The maximum absolute atomic E-state index is 13.5. The van der Waals surface area contributed by atoms with E-state index in [4.69, 9.17) is 25.8 Å². The Morgan fingerprint density at radius 3 is 2.53 bits per heavy atom. The lowest BCUT2D eigenvalue weighted by molar-refractivity contribution is -0.326. The van der Waals surface area contributed by atoms with Crippen molar-refractivity contribution in [3.05, 3.63) is 40.6 Å². The van der Waals surface area contributed by atoms with Gasteiger partial charge < -0.3 is 19.1 Å². The number of nitrogens with zero attached hydrogens (tertiary/aromatic N) is 2. The molecule has 1 N–H and O–H groups in total.